The van der Waals surface area contributed by atoms with Gasteiger partial charge >= 0.3 is 5.69 Å². The fourth-order valence-electron chi connectivity index (χ4n) is 1.52. The molecule has 20 heavy (non-hydrogen) atoms. The molecule has 1 aromatic heterocycles. The van der Waals surface area contributed by atoms with Gasteiger partial charge in [0.1, 0.15) is 5.69 Å². The van der Waals surface area contributed by atoms with Crippen molar-refractivity contribution in [3.05, 3.63) is 46.0 Å². The summed E-state index contributed by atoms with van der Waals surface area (Å²) in [5, 5.41) is 10.1. The van der Waals surface area contributed by atoms with Gasteiger partial charge in [-0.15, -0.1) is 0 Å². The van der Waals surface area contributed by atoms with Crippen LogP contribution in [0.4, 0.5) is 11.5 Å². The molecule has 7 nitrogen and oxygen atoms in total. The summed E-state index contributed by atoms with van der Waals surface area (Å²) >= 11 is 0. The van der Waals surface area contributed by atoms with Gasteiger partial charge in [0.2, 0.25) is 0 Å². The molecule has 0 aliphatic carbocycles. The highest BCUT2D eigenvalue weighted by Crippen LogP contribution is 2.11. The van der Waals surface area contributed by atoms with Crippen molar-refractivity contribution in [2.75, 3.05) is 24.4 Å². The molecular weight excluding hydrogens is 256 g/mol. The van der Waals surface area contributed by atoms with E-state index in [1.165, 1.54) is 0 Å². The van der Waals surface area contributed by atoms with Gasteiger partial charge in [-0.3, -0.25) is 5.43 Å². The number of H-pyrrole nitrogens is 1. The first kappa shape index (κ1) is 13.7. The van der Waals surface area contributed by atoms with Crippen molar-refractivity contribution in [1.29, 1.82) is 0 Å². The smallest absolute Gasteiger partial charge is 0.363 e. The van der Waals surface area contributed by atoms with Crippen molar-refractivity contribution in [2.24, 2.45) is 5.10 Å². The predicted molar refractivity (Wildman–Crippen MR) is 79.4 cm³/mol. The molecule has 0 unspecified atom stereocenters. The minimum absolute atomic E-state index is 0.343. The van der Waals surface area contributed by atoms with Gasteiger partial charge in [0.15, 0.2) is 5.82 Å². The molecule has 2 aromatic rings. The molecule has 7 heteroatoms. The molecule has 2 rings (SSSR count). The number of hydrogen-bond donors (Lipinski definition) is 2. The van der Waals surface area contributed by atoms with Crippen LogP contribution < -0.4 is 16.0 Å². The standard InChI is InChI=1S/C13H16N6O/c1-9-12(15-13(20)18-16-9)17-14-8-10-4-6-11(7-5-10)19(2)3/h4-8H,1-3H3,(H2,15,17,18,20)/b14-8+. The van der Waals surface area contributed by atoms with E-state index in [1.54, 1.807) is 13.1 Å². The molecule has 0 saturated heterocycles. The summed E-state index contributed by atoms with van der Waals surface area (Å²) < 4.78 is 0. The molecule has 0 amide bonds. The van der Waals surface area contributed by atoms with Gasteiger partial charge in [0.05, 0.1) is 6.21 Å². The van der Waals surface area contributed by atoms with Crippen molar-refractivity contribution < 1.29 is 0 Å². The fourth-order valence-corrected chi connectivity index (χ4v) is 1.52. The number of anilines is 2. The number of nitrogens with zero attached hydrogens (tertiary/aromatic N) is 4. The number of hydrogen-bond acceptors (Lipinski definition) is 6. The number of aryl methyl sites for hydroxylation is 1. The van der Waals surface area contributed by atoms with Crippen LogP contribution in [0, 0.1) is 6.92 Å². The lowest BCUT2D eigenvalue weighted by atomic mass is 10.2. The molecule has 0 radical (unpaired) electrons. The van der Waals surface area contributed by atoms with Crippen LogP contribution in [0.3, 0.4) is 0 Å². The Balaban J connectivity index is 2.06. The summed E-state index contributed by atoms with van der Waals surface area (Å²) in [4.78, 5) is 16.8. The SMILES string of the molecule is Cc1n[nH]c(=O)nc1N/N=C/c1ccc(N(C)C)cc1. The van der Waals surface area contributed by atoms with E-state index in [1.807, 2.05) is 43.3 Å². The van der Waals surface area contributed by atoms with Gasteiger partial charge in [-0.05, 0) is 24.6 Å². The quantitative estimate of drug-likeness (QED) is 0.640. The summed E-state index contributed by atoms with van der Waals surface area (Å²) in [5.41, 5.74) is 4.83. The Morgan fingerprint density at radius 2 is 2.00 bits per heavy atom. The Morgan fingerprint density at radius 3 is 2.65 bits per heavy atom. The van der Waals surface area contributed by atoms with Crippen LogP contribution in [0.1, 0.15) is 11.3 Å². The van der Waals surface area contributed by atoms with Gasteiger partial charge < -0.3 is 4.90 Å². The molecule has 0 saturated carbocycles. The highest BCUT2D eigenvalue weighted by molar-refractivity contribution is 5.80. The summed E-state index contributed by atoms with van der Waals surface area (Å²) in [7, 11) is 3.97. The van der Waals surface area contributed by atoms with E-state index in [0.717, 1.165) is 11.3 Å². The topological polar surface area (TPSA) is 86.3 Å². The Morgan fingerprint density at radius 1 is 1.30 bits per heavy atom. The third-order valence-corrected chi connectivity index (χ3v) is 2.67. The molecule has 0 fully saturated rings. The minimum Gasteiger partial charge on any atom is -0.378 e. The summed E-state index contributed by atoms with van der Waals surface area (Å²) in [6, 6.07) is 7.91. The van der Waals surface area contributed by atoms with Crippen molar-refractivity contribution in [1.82, 2.24) is 15.2 Å². The fraction of sp³-hybridized carbons (Fsp3) is 0.231. The summed E-state index contributed by atoms with van der Waals surface area (Å²) in [5.74, 6) is 0.343. The van der Waals surface area contributed by atoms with Crippen LogP contribution in [0.15, 0.2) is 34.2 Å². The molecule has 0 aliphatic heterocycles. The Bertz CT molecular complexity index is 659. The maximum absolute atomic E-state index is 11.1. The van der Waals surface area contributed by atoms with Crippen molar-refractivity contribution in [2.45, 2.75) is 6.92 Å². The summed E-state index contributed by atoms with van der Waals surface area (Å²) in [6.07, 6.45) is 1.65. The third kappa shape index (κ3) is 3.41. The first-order chi connectivity index (χ1) is 9.56. The van der Waals surface area contributed by atoms with Gasteiger partial charge in [-0.2, -0.15) is 15.2 Å². The molecule has 104 valence electrons. The molecule has 0 bridgehead atoms. The highest BCUT2D eigenvalue weighted by atomic mass is 16.1. The van der Waals surface area contributed by atoms with E-state index in [4.69, 9.17) is 0 Å². The first-order valence-corrected chi connectivity index (χ1v) is 6.06. The zero-order valence-electron chi connectivity index (χ0n) is 11.6. The average Bonchev–Trinajstić information content (AvgIpc) is 2.43. The van der Waals surface area contributed by atoms with Crippen LogP contribution in [0.5, 0.6) is 0 Å². The summed E-state index contributed by atoms with van der Waals surface area (Å²) in [6.45, 7) is 1.73. The molecule has 0 atom stereocenters. The first-order valence-electron chi connectivity index (χ1n) is 6.06. The Labute approximate surface area is 116 Å². The second-order valence-electron chi connectivity index (χ2n) is 4.43. The molecule has 0 aliphatic rings. The second kappa shape index (κ2) is 5.96. The molecule has 1 heterocycles. The van der Waals surface area contributed by atoms with Crippen LogP contribution >= 0.6 is 0 Å². The van der Waals surface area contributed by atoms with Crippen LogP contribution in [-0.2, 0) is 0 Å². The van der Waals surface area contributed by atoms with Crippen molar-refractivity contribution in [3.63, 3.8) is 0 Å². The van der Waals surface area contributed by atoms with Crippen molar-refractivity contribution >= 4 is 17.7 Å². The van der Waals surface area contributed by atoms with E-state index >= 15 is 0 Å². The van der Waals surface area contributed by atoms with E-state index in [0.29, 0.717) is 11.5 Å². The van der Waals surface area contributed by atoms with Crippen LogP contribution in [0.25, 0.3) is 0 Å². The molecule has 2 N–H and O–H groups in total. The van der Waals surface area contributed by atoms with Gasteiger partial charge in [-0.1, -0.05) is 12.1 Å². The zero-order valence-corrected chi connectivity index (χ0v) is 11.6. The number of benzene rings is 1. The monoisotopic (exact) mass is 272 g/mol. The lowest BCUT2D eigenvalue weighted by Crippen LogP contribution is -2.15. The Hall–Kier alpha value is -2.70. The highest BCUT2D eigenvalue weighted by Gasteiger charge is 2.00. The predicted octanol–water partition coefficient (Wildman–Crippen LogP) is 0.985. The normalized spacial score (nSPS) is 10.8. The maximum atomic E-state index is 11.1. The van der Waals surface area contributed by atoms with Crippen LogP contribution in [-0.4, -0.2) is 35.5 Å². The number of rotatable bonds is 4. The largest absolute Gasteiger partial charge is 0.378 e. The third-order valence-electron chi connectivity index (χ3n) is 2.67. The zero-order chi connectivity index (χ0) is 14.5. The second-order valence-corrected chi connectivity index (χ2v) is 4.43. The maximum Gasteiger partial charge on any atom is 0.363 e. The number of aromatic nitrogens is 3. The van der Waals surface area contributed by atoms with Gasteiger partial charge in [0.25, 0.3) is 0 Å². The number of aromatic amines is 1. The van der Waals surface area contributed by atoms with E-state index in [2.05, 4.69) is 25.7 Å². The Kier molecular flexibility index (Phi) is 4.09. The number of nitrogens with one attached hydrogen (secondary N) is 2. The molecule has 0 spiro atoms. The van der Waals surface area contributed by atoms with E-state index in [-0.39, 0.29) is 0 Å². The van der Waals surface area contributed by atoms with E-state index in [9.17, 15) is 4.79 Å². The number of hydrazone groups is 1. The molecular formula is C13H16N6O. The van der Waals surface area contributed by atoms with Crippen LogP contribution in [0.2, 0.25) is 0 Å². The van der Waals surface area contributed by atoms with Gasteiger partial charge in [0, 0.05) is 19.8 Å². The molecule has 1 aromatic carbocycles. The lowest BCUT2D eigenvalue weighted by Gasteiger charge is -2.11. The lowest BCUT2D eigenvalue weighted by molar-refractivity contribution is 0.879. The van der Waals surface area contributed by atoms with Crippen molar-refractivity contribution in [3.8, 4) is 0 Å². The average molecular weight is 272 g/mol. The minimum atomic E-state index is -0.511. The van der Waals surface area contributed by atoms with Gasteiger partial charge in [-0.25, -0.2) is 9.89 Å². The van der Waals surface area contributed by atoms with E-state index < -0.39 is 5.69 Å².